The predicted octanol–water partition coefficient (Wildman–Crippen LogP) is 4.37. The second-order valence-electron chi connectivity index (χ2n) is 5.03. The van der Waals surface area contributed by atoms with Crippen molar-refractivity contribution in [3.8, 4) is 17.1 Å². The van der Waals surface area contributed by atoms with E-state index in [4.69, 9.17) is 0 Å². The van der Waals surface area contributed by atoms with Gasteiger partial charge in [0.1, 0.15) is 6.33 Å². The number of pyridine rings is 1. The third-order valence-corrected chi connectivity index (χ3v) is 3.32. The average Bonchev–Trinajstić information content (AvgIpc) is 3.03. The summed E-state index contributed by atoms with van der Waals surface area (Å²) in [5, 5.41) is 7.34. The first-order valence-corrected chi connectivity index (χ1v) is 6.76. The van der Waals surface area contributed by atoms with E-state index in [1.165, 1.54) is 12.4 Å². The lowest BCUT2D eigenvalue weighted by Crippen LogP contribution is -2.12. The highest BCUT2D eigenvalue weighted by molar-refractivity contribution is 5.57. The van der Waals surface area contributed by atoms with Gasteiger partial charge in [0.25, 0.3) is 0 Å². The minimum absolute atomic E-state index is 0.0671. The van der Waals surface area contributed by atoms with E-state index in [2.05, 4.69) is 15.2 Å². The van der Waals surface area contributed by atoms with E-state index in [9.17, 15) is 26.3 Å². The highest BCUT2D eigenvalue weighted by Gasteiger charge is 2.37. The first-order chi connectivity index (χ1) is 11.7. The standard InChI is InChI=1S/C15H8F6N4/c16-14(17,18)10-4-11(15(19,20)21)6-12(5-10)25-8-23-24-13(25)9-2-1-3-22-7-9/h1-8H. The maximum atomic E-state index is 13.0. The summed E-state index contributed by atoms with van der Waals surface area (Å²) in [6.45, 7) is 0. The minimum Gasteiger partial charge on any atom is -0.282 e. The largest absolute Gasteiger partial charge is 0.416 e. The molecule has 0 fully saturated rings. The normalized spacial score (nSPS) is 12.4. The number of hydrogen-bond donors (Lipinski definition) is 0. The monoisotopic (exact) mass is 358 g/mol. The van der Waals surface area contributed by atoms with Crippen molar-refractivity contribution >= 4 is 0 Å². The fourth-order valence-electron chi connectivity index (χ4n) is 2.19. The molecule has 0 unspecified atom stereocenters. The van der Waals surface area contributed by atoms with Gasteiger partial charge in [-0.2, -0.15) is 26.3 Å². The molecule has 25 heavy (non-hydrogen) atoms. The Bertz CT molecular complexity index is 851. The van der Waals surface area contributed by atoms with Gasteiger partial charge in [-0.3, -0.25) is 9.55 Å². The molecule has 0 aliphatic heterocycles. The number of nitrogens with zero attached hydrogens (tertiary/aromatic N) is 4. The number of halogens is 6. The van der Waals surface area contributed by atoms with Crippen LogP contribution in [0.2, 0.25) is 0 Å². The summed E-state index contributed by atoms with van der Waals surface area (Å²) in [6, 6.07) is 4.40. The van der Waals surface area contributed by atoms with Gasteiger partial charge in [-0.25, -0.2) is 0 Å². The Labute approximate surface area is 136 Å². The van der Waals surface area contributed by atoms with Crippen molar-refractivity contribution in [1.82, 2.24) is 19.7 Å². The molecule has 2 aromatic heterocycles. The molecule has 0 N–H and O–H groups in total. The van der Waals surface area contributed by atoms with E-state index in [1.54, 1.807) is 12.1 Å². The summed E-state index contributed by atoms with van der Waals surface area (Å²) in [7, 11) is 0. The molecule has 10 heteroatoms. The fourth-order valence-corrected chi connectivity index (χ4v) is 2.19. The van der Waals surface area contributed by atoms with Crippen LogP contribution < -0.4 is 0 Å². The van der Waals surface area contributed by atoms with Gasteiger partial charge in [0.15, 0.2) is 5.82 Å². The van der Waals surface area contributed by atoms with Crippen LogP contribution in [0.5, 0.6) is 0 Å². The van der Waals surface area contributed by atoms with Crippen LogP contribution >= 0.6 is 0 Å². The molecule has 0 saturated heterocycles. The van der Waals surface area contributed by atoms with E-state index in [1.807, 2.05) is 0 Å². The van der Waals surface area contributed by atoms with Crippen molar-refractivity contribution < 1.29 is 26.3 Å². The van der Waals surface area contributed by atoms with Gasteiger partial charge < -0.3 is 0 Å². The van der Waals surface area contributed by atoms with Gasteiger partial charge in [-0.1, -0.05) is 0 Å². The molecule has 0 bridgehead atoms. The van der Waals surface area contributed by atoms with Crippen LogP contribution in [-0.4, -0.2) is 19.7 Å². The number of aromatic nitrogens is 4. The molecule has 0 amide bonds. The Morgan fingerprint density at radius 1 is 0.880 bits per heavy atom. The molecule has 3 rings (SSSR count). The van der Waals surface area contributed by atoms with E-state index in [0.717, 1.165) is 10.9 Å². The molecule has 0 saturated carbocycles. The van der Waals surface area contributed by atoms with Crippen molar-refractivity contribution in [2.45, 2.75) is 12.4 Å². The molecule has 2 heterocycles. The quantitative estimate of drug-likeness (QED) is 0.639. The number of alkyl halides is 6. The Kier molecular flexibility index (Phi) is 3.97. The van der Waals surface area contributed by atoms with Crippen molar-refractivity contribution in [2.24, 2.45) is 0 Å². The van der Waals surface area contributed by atoms with Gasteiger partial charge in [0.05, 0.1) is 11.1 Å². The third-order valence-electron chi connectivity index (χ3n) is 3.32. The van der Waals surface area contributed by atoms with Crippen LogP contribution in [0.1, 0.15) is 11.1 Å². The molecule has 3 aromatic rings. The van der Waals surface area contributed by atoms with Gasteiger partial charge in [-0.15, -0.1) is 10.2 Å². The molecule has 130 valence electrons. The number of benzene rings is 1. The summed E-state index contributed by atoms with van der Waals surface area (Å²) in [5.74, 6) is 0.0700. The number of hydrogen-bond acceptors (Lipinski definition) is 3. The minimum atomic E-state index is -4.93. The molecule has 1 aromatic carbocycles. The first-order valence-electron chi connectivity index (χ1n) is 6.76. The second kappa shape index (κ2) is 5.87. The van der Waals surface area contributed by atoms with Gasteiger partial charge in [0, 0.05) is 23.6 Å². The topological polar surface area (TPSA) is 43.6 Å². The van der Waals surface area contributed by atoms with Crippen molar-refractivity contribution in [2.75, 3.05) is 0 Å². The Balaban J connectivity index is 2.20. The molecule has 0 atom stereocenters. The van der Waals surface area contributed by atoms with Crippen LogP contribution in [-0.2, 0) is 12.4 Å². The highest BCUT2D eigenvalue weighted by Crippen LogP contribution is 2.37. The molecular formula is C15H8F6N4. The van der Waals surface area contributed by atoms with Gasteiger partial charge >= 0.3 is 12.4 Å². The second-order valence-corrected chi connectivity index (χ2v) is 5.03. The number of rotatable bonds is 2. The lowest BCUT2D eigenvalue weighted by atomic mass is 10.1. The Hall–Kier alpha value is -2.91. The zero-order chi connectivity index (χ0) is 18.2. The lowest BCUT2D eigenvalue weighted by Gasteiger charge is -2.15. The maximum absolute atomic E-state index is 13.0. The van der Waals surface area contributed by atoms with Gasteiger partial charge in [0.2, 0.25) is 0 Å². The Morgan fingerprint density at radius 3 is 2.04 bits per heavy atom. The smallest absolute Gasteiger partial charge is 0.282 e. The van der Waals surface area contributed by atoms with Crippen molar-refractivity contribution in [3.63, 3.8) is 0 Å². The molecular weight excluding hydrogens is 350 g/mol. The van der Waals surface area contributed by atoms with E-state index < -0.39 is 23.5 Å². The van der Waals surface area contributed by atoms with Gasteiger partial charge in [-0.05, 0) is 30.3 Å². The molecule has 0 aliphatic rings. The molecule has 0 aliphatic carbocycles. The highest BCUT2D eigenvalue weighted by atomic mass is 19.4. The SMILES string of the molecule is FC(F)(F)c1cc(-n2cnnc2-c2cccnc2)cc(C(F)(F)F)c1. The summed E-state index contributed by atoms with van der Waals surface area (Å²) < 4.78 is 78.9. The van der Waals surface area contributed by atoms with E-state index >= 15 is 0 Å². The van der Waals surface area contributed by atoms with Crippen LogP contribution in [0.15, 0.2) is 49.1 Å². The lowest BCUT2D eigenvalue weighted by molar-refractivity contribution is -0.143. The van der Waals surface area contributed by atoms with Crippen molar-refractivity contribution in [3.05, 3.63) is 60.2 Å². The van der Waals surface area contributed by atoms with Crippen LogP contribution in [0.4, 0.5) is 26.3 Å². The molecule has 0 radical (unpaired) electrons. The zero-order valence-electron chi connectivity index (χ0n) is 12.2. The predicted molar refractivity (Wildman–Crippen MR) is 74.6 cm³/mol. The fraction of sp³-hybridized carbons (Fsp3) is 0.133. The summed E-state index contributed by atoms with van der Waals surface area (Å²) in [5.41, 5.74) is -2.79. The third kappa shape index (κ3) is 3.47. The van der Waals surface area contributed by atoms with Crippen LogP contribution in [0.3, 0.4) is 0 Å². The zero-order valence-corrected chi connectivity index (χ0v) is 12.2. The maximum Gasteiger partial charge on any atom is 0.416 e. The average molecular weight is 358 g/mol. The van der Waals surface area contributed by atoms with Crippen molar-refractivity contribution in [1.29, 1.82) is 0 Å². The van der Waals surface area contributed by atoms with Crippen LogP contribution in [0, 0.1) is 0 Å². The van der Waals surface area contributed by atoms with Crippen LogP contribution in [0.25, 0.3) is 17.1 Å². The summed E-state index contributed by atoms with van der Waals surface area (Å²) >= 11 is 0. The molecule has 4 nitrogen and oxygen atoms in total. The molecule has 0 spiro atoms. The Morgan fingerprint density at radius 2 is 1.52 bits per heavy atom. The van der Waals surface area contributed by atoms with E-state index in [0.29, 0.717) is 17.7 Å². The summed E-state index contributed by atoms with van der Waals surface area (Å²) in [4.78, 5) is 3.85. The summed E-state index contributed by atoms with van der Waals surface area (Å²) in [6.07, 6.45) is -5.98. The first kappa shape index (κ1) is 16.9. The van der Waals surface area contributed by atoms with E-state index in [-0.39, 0.29) is 17.6 Å².